The van der Waals surface area contributed by atoms with E-state index in [4.69, 9.17) is 10.5 Å². The number of carbonyl (C=O) groups excluding carboxylic acids is 2. The Morgan fingerprint density at radius 2 is 1.88 bits per heavy atom. The second kappa shape index (κ2) is 5.84. The molecule has 5 heteroatoms. The van der Waals surface area contributed by atoms with Gasteiger partial charge in [0.1, 0.15) is 6.04 Å². The zero-order valence-electron chi connectivity index (χ0n) is 10.7. The van der Waals surface area contributed by atoms with Crippen LogP contribution in [0.3, 0.4) is 0 Å². The largest absolute Gasteiger partial charge is 0.464 e. The van der Waals surface area contributed by atoms with Crippen molar-refractivity contribution in [3.8, 4) is 0 Å². The van der Waals surface area contributed by atoms with Gasteiger partial charge in [-0.25, -0.2) is 4.79 Å². The average Bonchev–Trinajstić information content (AvgIpc) is 2.15. The molecule has 0 bridgehead atoms. The van der Waals surface area contributed by atoms with Crippen molar-refractivity contribution >= 4 is 11.9 Å². The summed E-state index contributed by atoms with van der Waals surface area (Å²) in [5, 5.41) is 2.53. The topological polar surface area (TPSA) is 81.4 Å². The van der Waals surface area contributed by atoms with E-state index in [1.165, 1.54) is 0 Å². The van der Waals surface area contributed by atoms with Crippen LogP contribution in [-0.4, -0.2) is 30.6 Å². The molecule has 16 heavy (non-hydrogen) atoms. The highest BCUT2D eigenvalue weighted by Gasteiger charge is 2.29. The number of esters is 1. The van der Waals surface area contributed by atoms with Crippen LogP contribution in [0.25, 0.3) is 0 Å². The highest BCUT2D eigenvalue weighted by molar-refractivity contribution is 5.87. The Bertz CT molecular complexity index is 258. The first-order valence-electron chi connectivity index (χ1n) is 5.42. The highest BCUT2D eigenvalue weighted by Crippen LogP contribution is 2.17. The van der Waals surface area contributed by atoms with E-state index in [1.807, 2.05) is 20.8 Å². The van der Waals surface area contributed by atoms with Crippen molar-refractivity contribution in [3.63, 3.8) is 0 Å². The first kappa shape index (κ1) is 14.9. The van der Waals surface area contributed by atoms with E-state index in [1.54, 1.807) is 13.8 Å². The second-order valence-electron chi connectivity index (χ2n) is 4.83. The summed E-state index contributed by atoms with van der Waals surface area (Å²) < 4.78 is 4.78. The van der Waals surface area contributed by atoms with Gasteiger partial charge in [-0.1, -0.05) is 20.8 Å². The summed E-state index contributed by atoms with van der Waals surface area (Å²) in [5.74, 6) is -0.787. The zero-order chi connectivity index (χ0) is 12.9. The van der Waals surface area contributed by atoms with Crippen molar-refractivity contribution in [2.24, 2.45) is 11.1 Å². The molecule has 0 radical (unpaired) electrons. The van der Waals surface area contributed by atoms with Crippen LogP contribution < -0.4 is 11.1 Å². The lowest BCUT2D eigenvalue weighted by Gasteiger charge is -2.26. The third kappa shape index (κ3) is 4.61. The summed E-state index contributed by atoms with van der Waals surface area (Å²) in [4.78, 5) is 22.9. The van der Waals surface area contributed by atoms with Crippen molar-refractivity contribution in [3.05, 3.63) is 0 Å². The molecule has 0 aliphatic carbocycles. The van der Waals surface area contributed by atoms with E-state index in [9.17, 15) is 9.59 Å². The van der Waals surface area contributed by atoms with Gasteiger partial charge < -0.3 is 15.8 Å². The Morgan fingerprint density at radius 1 is 1.38 bits per heavy atom. The molecule has 0 aromatic heterocycles. The number of nitrogens with one attached hydrogen (secondary N) is 1. The van der Waals surface area contributed by atoms with Gasteiger partial charge >= 0.3 is 5.97 Å². The summed E-state index contributed by atoms with van der Waals surface area (Å²) in [6, 6.07) is -1.31. The molecule has 0 spiro atoms. The molecule has 0 fully saturated rings. The molecular formula is C11H22N2O3. The van der Waals surface area contributed by atoms with Gasteiger partial charge in [-0.15, -0.1) is 0 Å². The molecule has 5 nitrogen and oxygen atoms in total. The van der Waals surface area contributed by atoms with Crippen LogP contribution in [0, 0.1) is 5.41 Å². The van der Waals surface area contributed by atoms with Gasteiger partial charge in [0.05, 0.1) is 12.6 Å². The van der Waals surface area contributed by atoms with E-state index in [-0.39, 0.29) is 11.3 Å². The molecule has 0 aliphatic rings. The van der Waals surface area contributed by atoms with Crippen LogP contribution >= 0.6 is 0 Å². The molecule has 94 valence electrons. The molecular weight excluding hydrogens is 208 g/mol. The SMILES string of the molecule is CCOC(=O)[C@H](C)NC(=O)[C@@H](N)C(C)(C)C. The van der Waals surface area contributed by atoms with Gasteiger partial charge in [0.25, 0.3) is 0 Å². The smallest absolute Gasteiger partial charge is 0.328 e. The minimum Gasteiger partial charge on any atom is -0.464 e. The number of nitrogens with two attached hydrogens (primary N) is 1. The maximum Gasteiger partial charge on any atom is 0.328 e. The van der Waals surface area contributed by atoms with Crippen LogP contribution in [0.2, 0.25) is 0 Å². The molecule has 0 aliphatic heterocycles. The molecule has 0 saturated carbocycles. The molecule has 0 aromatic carbocycles. The fraction of sp³-hybridized carbons (Fsp3) is 0.818. The van der Waals surface area contributed by atoms with Crippen LogP contribution in [0.4, 0.5) is 0 Å². The fourth-order valence-corrected chi connectivity index (χ4v) is 1.02. The monoisotopic (exact) mass is 230 g/mol. The maximum atomic E-state index is 11.7. The Kier molecular flexibility index (Phi) is 5.44. The summed E-state index contributed by atoms with van der Waals surface area (Å²) in [6.07, 6.45) is 0. The normalized spacial score (nSPS) is 15.1. The number of hydrogen-bond acceptors (Lipinski definition) is 4. The molecule has 1 amide bonds. The Hall–Kier alpha value is -1.10. The van der Waals surface area contributed by atoms with Crippen molar-refractivity contribution in [1.29, 1.82) is 0 Å². The van der Waals surface area contributed by atoms with Crippen molar-refractivity contribution < 1.29 is 14.3 Å². The van der Waals surface area contributed by atoms with Crippen LogP contribution in [0.1, 0.15) is 34.6 Å². The minimum atomic E-state index is -0.666. The molecule has 0 heterocycles. The van der Waals surface area contributed by atoms with E-state index in [0.29, 0.717) is 6.61 Å². The molecule has 0 unspecified atom stereocenters. The predicted molar refractivity (Wildman–Crippen MR) is 61.7 cm³/mol. The standard InChI is InChI=1S/C11H22N2O3/c1-6-16-10(15)7(2)13-9(14)8(12)11(3,4)5/h7-8H,6,12H2,1-5H3,(H,13,14)/t7-,8+/m0/s1. The minimum absolute atomic E-state index is 0.296. The number of rotatable bonds is 4. The molecule has 0 saturated heterocycles. The third-order valence-corrected chi connectivity index (χ3v) is 2.21. The second-order valence-corrected chi connectivity index (χ2v) is 4.83. The van der Waals surface area contributed by atoms with Crippen LogP contribution in [0.15, 0.2) is 0 Å². The lowest BCUT2D eigenvalue weighted by molar-refractivity contribution is -0.147. The Morgan fingerprint density at radius 3 is 2.25 bits per heavy atom. The number of ether oxygens (including phenoxy) is 1. The van der Waals surface area contributed by atoms with E-state index in [2.05, 4.69) is 5.32 Å². The van der Waals surface area contributed by atoms with Gasteiger partial charge in [-0.05, 0) is 19.3 Å². The van der Waals surface area contributed by atoms with Crippen molar-refractivity contribution in [2.45, 2.75) is 46.7 Å². The van der Waals surface area contributed by atoms with Gasteiger partial charge in [0, 0.05) is 0 Å². The quantitative estimate of drug-likeness (QED) is 0.686. The van der Waals surface area contributed by atoms with Gasteiger partial charge in [-0.2, -0.15) is 0 Å². The first-order chi connectivity index (χ1) is 7.20. The van der Waals surface area contributed by atoms with E-state index in [0.717, 1.165) is 0 Å². The number of carbonyl (C=O) groups is 2. The Balaban J connectivity index is 4.30. The average molecular weight is 230 g/mol. The first-order valence-corrected chi connectivity index (χ1v) is 5.42. The molecule has 3 N–H and O–H groups in total. The van der Waals surface area contributed by atoms with E-state index < -0.39 is 18.1 Å². The summed E-state index contributed by atoms with van der Waals surface area (Å²) in [5.41, 5.74) is 5.42. The third-order valence-electron chi connectivity index (χ3n) is 2.21. The van der Waals surface area contributed by atoms with E-state index >= 15 is 0 Å². The van der Waals surface area contributed by atoms with Gasteiger partial charge in [-0.3, -0.25) is 4.79 Å². The lowest BCUT2D eigenvalue weighted by atomic mass is 9.87. The molecule has 2 atom stereocenters. The maximum absolute atomic E-state index is 11.7. The van der Waals surface area contributed by atoms with Gasteiger partial charge in [0.15, 0.2) is 0 Å². The molecule has 0 aromatic rings. The van der Waals surface area contributed by atoms with Crippen LogP contribution in [-0.2, 0) is 14.3 Å². The lowest BCUT2D eigenvalue weighted by Crippen LogP contribution is -2.52. The highest BCUT2D eigenvalue weighted by atomic mass is 16.5. The Labute approximate surface area is 96.7 Å². The zero-order valence-corrected chi connectivity index (χ0v) is 10.7. The number of amides is 1. The number of hydrogen-bond donors (Lipinski definition) is 2. The predicted octanol–water partition coefficient (Wildman–Crippen LogP) is 0.428. The summed E-state index contributed by atoms with van der Waals surface area (Å²) in [6.45, 7) is 9.19. The molecule has 0 rings (SSSR count). The van der Waals surface area contributed by atoms with Crippen molar-refractivity contribution in [1.82, 2.24) is 5.32 Å². The summed E-state index contributed by atoms with van der Waals surface area (Å²) >= 11 is 0. The fourth-order valence-electron chi connectivity index (χ4n) is 1.02. The van der Waals surface area contributed by atoms with Crippen molar-refractivity contribution in [2.75, 3.05) is 6.61 Å². The van der Waals surface area contributed by atoms with Gasteiger partial charge in [0.2, 0.25) is 5.91 Å². The van der Waals surface area contributed by atoms with Crippen LogP contribution in [0.5, 0.6) is 0 Å². The summed E-state index contributed by atoms with van der Waals surface area (Å²) in [7, 11) is 0.